The molecule has 2 heteroatoms. The second-order valence-electron chi connectivity index (χ2n) is 6.98. The Morgan fingerprint density at radius 2 is 1.74 bits per heavy atom. The van der Waals surface area contributed by atoms with Crippen LogP contribution in [0.1, 0.15) is 36.0 Å². The summed E-state index contributed by atoms with van der Waals surface area (Å²) in [4.78, 5) is 2.55. The quantitative estimate of drug-likeness (QED) is 0.750. The van der Waals surface area contributed by atoms with Gasteiger partial charge in [-0.15, -0.1) is 0 Å². The Labute approximate surface area is 139 Å². The zero-order valence-electron chi connectivity index (χ0n) is 13.7. The summed E-state index contributed by atoms with van der Waals surface area (Å²) >= 11 is 0. The third-order valence-electron chi connectivity index (χ3n) is 4.93. The van der Waals surface area contributed by atoms with Gasteiger partial charge in [0, 0.05) is 13.1 Å². The molecule has 0 amide bonds. The number of hydrogen-bond donors (Lipinski definition) is 0. The molecule has 0 N–H and O–H groups in total. The smallest absolute Gasteiger partial charge is 0.119 e. The molecule has 4 rings (SSSR count). The molecule has 0 spiro atoms. The van der Waals surface area contributed by atoms with Crippen molar-refractivity contribution in [3.05, 3.63) is 65.2 Å². The number of aryl methyl sites for hydroxylation is 1. The van der Waals surface area contributed by atoms with Crippen LogP contribution in [0.4, 0.5) is 0 Å². The Morgan fingerprint density at radius 1 is 0.957 bits per heavy atom. The van der Waals surface area contributed by atoms with Gasteiger partial charge in [-0.2, -0.15) is 0 Å². The van der Waals surface area contributed by atoms with E-state index in [1.807, 2.05) is 0 Å². The highest BCUT2D eigenvalue weighted by Gasteiger charge is 2.22. The molecule has 23 heavy (non-hydrogen) atoms. The number of nitrogens with zero attached hydrogens (tertiary/aromatic N) is 1. The Kier molecular flexibility index (Phi) is 4.34. The second-order valence-corrected chi connectivity index (χ2v) is 6.98. The molecular weight excluding hydrogens is 282 g/mol. The molecule has 2 nitrogen and oxygen atoms in total. The van der Waals surface area contributed by atoms with Crippen LogP contribution in [-0.4, -0.2) is 18.1 Å². The molecule has 1 aliphatic carbocycles. The fourth-order valence-electron chi connectivity index (χ4n) is 3.36. The summed E-state index contributed by atoms with van der Waals surface area (Å²) in [6, 6.07) is 17.5. The lowest BCUT2D eigenvalue weighted by molar-refractivity contribution is 0.280. The first-order valence-electron chi connectivity index (χ1n) is 8.88. The van der Waals surface area contributed by atoms with Crippen LogP contribution in [-0.2, 0) is 19.5 Å². The summed E-state index contributed by atoms with van der Waals surface area (Å²) in [5, 5.41) is 0. The van der Waals surface area contributed by atoms with Crippen LogP contribution in [0.15, 0.2) is 48.5 Å². The summed E-state index contributed by atoms with van der Waals surface area (Å²) in [5.41, 5.74) is 4.40. The summed E-state index contributed by atoms with van der Waals surface area (Å²) in [6.45, 7) is 4.29. The van der Waals surface area contributed by atoms with Crippen molar-refractivity contribution in [1.82, 2.24) is 4.90 Å². The highest BCUT2D eigenvalue weighted by molar-refractivity contribution is 5.30. The van der Waals surface area contributed by atoms with Gasteiger partial charge in [0.1, 0.15) is 5.75 Å². The first-order chi connectivity index (χ1) is 11.4. The van der Waals surface area contributed by atoms with Crippen molar-refractivity contribution >= 4 is 0 Å². The largest absolute Gasteiger partial charge is 0.493 e. The number of fused-ring (bicyclic) bond motifs is 1. The van der Waals surface area contributed by atoms with Crippen LogP contribution < -0.4 is 4.74 Å². The molecule has 0 radical (unpaired) electrons. The standard InChI is InChI=1S/C21H25NO/c1-2-8-20-15-22(14-19(20)7-1)12-4-6-17-5-3-9-21(13-17)23-16-18-10-11-18/h1-3,5,7-9,13,18H,4,6,10-12,14-16H2. The van der Waals surface area contributed by atoms with Gasteiger partial charge in [-0.1, -0.05) is 36.4 Å². The van der Waals surface area contributed by atoms with Crippen molar-refractivity contribution in [3.8, 4) is 5.75 Å². The maximum atomic E-state index is 5.88. The monoisotopic (exact) mass is 307 g/mol. The zero-order valence-corrected chi connectivity index (χ0v) is 13.7. The fourth-order valence-corrected chi connectivity index (χ4v) is 3.36. The molecule has 0 aromatic heterocycles. The van der Waals surface area contributed by atoms with E-state index in [1.54, 1.807) is 0 Å². The Bertz CT molecular complexity index is 637. The van der Waals surface area contributed by atoms with Gasteiger partial charge in [-0.3, -0.25) is 4.90 Å². The van der Waals surface area contributed by atoms with Crippen LogP contribution in [0.3, 0.4) is 0 Å². The van der Waals surface area contributed by atoms with E-state index >= 15 is 0 Å². The zero-order chi connectivity index (χ0) is 15.5. The lowest BCUT2D eigenvalue weighted by Crippen LogP contribution is -2.18. The molecule has 2 aliphatic rings. The van der Waals surface area contributed by atoms with Crippen molar-refractivity contribution in [3.63, 3.8) is 0 Å². The maximum absolute atomic E-state index is 5.88. The lowest BCUT2D eigenvalue weighted by Gasteiger charge is -2.14. The first-order valence-corrected chi connectivity index (χ1v) is 8.88. The number of ether oxygens (including phenoxy) is 1. The van der Waals surface area contributed by atoms with E-state index in [4.69, 9.17) is 4.74 Å². The van der Waals surface area contributed by atoms with Crippen molar-refractivity contribution < 1.29 is 4.74 Å². The Morgan fingerprint density at radius 3 is 2.48 bits per heavy atom. The van der Waals surface area contributed by atoms with E-state index in [0.29, 0.717) is 0 Å². The minimum absolute atomic E-state index is 0.815. The molecule has 120 valence electrons. The van der Waals surface area contributed by atoms with Gasteiger partial charge in [0.2, 0.25) is 0 Å². The van der Waals surface area contributed by atoms with Crippen LogP contribution in [0.2, 0.25) is 0 Å². The van der Waals surface area contributed by atoms with Gasteiger partial charge in [0.25, 0.3) is 0 Å². The SMILES string of the molecule is c1cc(CCCN2Cc3ccccc3C2)cc(OCC2CC2)c1. The molecular formula is C21H25NO. The summed E-state index contributed by atoms with van der Waals surface area (Å²) in [5.74, 6) is 1.86. The van der Waals surface area contributed by atoms with Gasteiger partial charge in [0.05, 0.1) is 6.61 Å². The van der Waals surface area contributed by atoms with Crippen molar-refractivity contribution in [2.45, 2.75) is 38.8 Å². The van der Waals surface area contributed by atoms with Crippen LogP contribution >= 0.6 is 0 Å². The summed E-state index contributed by atoms with van der Waals surface area (Å²) in [7, 11) is 0. The lowest BCUT2D eigenvalue weighted by atomic mass is 10.1. The van der Waals surface area contributed by atoms with Crippen LogP contribution in [0.25, 0.3) is 0 Å². The molecule has 2 aromatic carbocycles. The molecule has 0 atom stereocenters. The van der Waals surface area contributed by atoms with Crippen LogP contribution in [0.5, 0.6) is 5.75 Å². The molecule has 1 heterocycles. The summed E-state index contributed by atoms with van der Waals surface area (Å²) < 4.78 is 5.88. The van der Waals surface area contributed by atoms with E-state index in [0.717, 1.165) is 37.8 Å². The number of rotatable bonds is 7. The molecule has 2 aromatic rings. The van der Waals surface area contributed by atoms with Gasteiger partial charge in [0.15, 0.2) is 0 Å². The van der Waals surface area contributed by atoms with Gasteiger partial charge in [-0.25, -0.2) is 0 Å². The van der Waals surface area contributed by atoms with E-state index in [9.17, 15) is 0 Å². The van der Waals surface area contributed by atoms with E-state index < -0.39 is 0 Å². The topological polar surface area (TPSA) is 12.5 Å². The minimum Gasteiger partial charge on any atom is -0.493 e. The average Bonchev–Trinajstić information content (AvgIpc) is 3.31. The van der Waals surface area contributed by atoms with Crippen molar-refractivity contribution in [2.75, 3.05) is 13.2 Å². The van der Waals surface area contributed by atoms with Gasteiger partial charge in [-0.05, 0) is 67.0 Å². The van der Waals surface area contributed by atoms with Crippen molar-refractivity contribution in [2.24, 2.45) is 5.92 Å². The number of hydrogen-bond acceptors (Lipinski definition) is 2. The van der Waals surface area contributed by atoms with E-state index in [1.165, 1.54) is 42.5 Å². The predicted octanol–water partition coefficient (Wildman–Crippen LogP) is 4.42. The molecule has 0 bridgehead atoms. The van der Waals surface area contributed by atoms with E-state index in [2.05, 4.69) is 53.4 Å². The number of benzene rings is 2. The van der Waals surface area contributed by atoms with Gasteiger partial charge >= 0.3 is 0 Å². The molecule has 1 saturated carbocycles. The molecule has 0 saturated heterocycles. The molecule has 1 fully saturated rings. The molecule has 0 unspecified atom stereocenters. The highest BCUT2D eigenvalue weighted by atomic mass is 16.5. The fraction of sp³-hybridized carbons (Fsp3) is 0.429. The van der Waals surface area contributed by atoms with Gasteiger partial charge < -0.3 is 4.74 Å². The minimum atomic E-state index is 0.815. The maximum Gasteiger partial charge on any atom is 0.119 e. The highest BCUT2D eigenvalue weighted by Crippen LogP contribution is 2.29. The summed E-state index contributed by atoms with van der Waals surface area (Å²) in [6.07, 6.45) is 5.03. The van der Waals surface area contributed by atoms with Crippen LogP contribution in [0, 0.1) is 5.92 Å². The Hall–Kier alpha value is -1.80. The second kappa shape index (κ2) is 6.76. The third-order valence-corrected chi connectivity index (χ3v) is 4.93. The van der Waals surface area contributed by atoms with Crippen molar-refractivity contribution in [1.29, 1.82) is 0 Å². The first kappa shape index (κ1) is 14.8. The Balaban J connectivity index is 1.24. The molecule has 1 aliphatic heterocycles. The van der Waals surface area contributed by atoms with E-state index in [-0.39, 0.29) is 0 Å². The average molecular weight is 307 g/mol. The normalized spacial score (nSPS) is 17.2. The predicted molar refractivity (Wildman–Crippen MR) is 93.5 cm³/mol. The third kappa shape index (κ3) is 3.94.